The Kier molecular flexibility index (Phi) is 21.9. The molecule has 1 aliphatic heterocycles. The van der Waals surface area contributed by atoms with Crippen molar-refractivity contribution in [2.75, 3.05) is 20.3 Å². The molecule has 0 aromatic rings. The van der Waals surface area contributed by atoms with Crippen molar-refractivity contribution >= 4 is 49.6 Å². The van der Waals surface area contributed by atoms with E-state index in [-0.39, 0.29) is 49.6 Å². The summed E-state index contributed by atoms with van der Waals surface area (Å²) in [6.45, 7) is 4.32. The molecule has 0 saturated carbocycles. The van der Waals surface area contributed by atoms with E-state index in [2.05, 4.69) is 36.2 Å². The molecule has 1 rings (SSSR count). The van der Waals surface area contributed by atoms with Crippen LogP contribution >= 0.6 is 49.6 Å². The van der Waals surface area contributed by atoms with E-state index in [9.17, 15) is 0 Å². The molecule has 6 heteroatoms. The zero-order chi connectivity index (χ0) is 5.98. The Morgan fingerprint density at radius 2 is 1.58 bits per heavy atom. The number of hydrogen-bond acceptors (Lipinski definition) is 2. The molecule has 0 fully saturated rings. The van der Waals surface area contributed by atoms with Crippen LogP contribution in [0.15, 0.2) is 12.4 Å². The Bertz CT molecular complexity index is 110. The Morgan fingerprint density at radius 3 is 1.75 bits per heavy atom. The first-order chi connectivity index (χ1) is 3.83. The van der Waals surface area contributed by atoms with Crippen LogP contribution in [-0.4, -0.2) is 30.1 Å². The largest absolute Gasteiger partial charge is 0.362 e. The smallest absolute Gasteiger partial charge is 0.0890 e. The van der Waals surface area contributed by atoms with Gasteiger partial charge in [-0.05, 0) is 6.92 Å². The summed E-state index contributed by atoms with van der Waals surface area (Å²) in [5.74, 6) is 0. The van der Waals surface area contributed by atoms with E-state index in [0.29, 0.717) is 0 Å². The first-order valence-corrected chi connectivity index (χ1v) is 2.95. The minimum Gasteiger partial charge on any atom is -0.362 e. The fraction of sp³-hybridized carbons (Fsp3) is 0.667. The Hall–Kier alpha value is 0.500. The summed E-state index contributed by atoms with van der Waals surface area (Å²) in [5.41, 5.74) is 0. The molecule has 0 aliphatic carbocycles. The summed E-state index contributed by atoms with van der Waals surface area (Å²) in [5, 5.41) is 0. The van der Waals surface area contributed by atoms with Gasteiger partial charge in [0.25, 0.3) is 0 Å². The van der Waals surface area contributed by atoms with Crippen molar-refractivity contribution in [3.05, 3.63) is 12.4 Å². The molecule has 0 bridgehead atoms. The zero-order valence-electron chi connectivity index (χ0n) is 7.10. The predicted octanol–water partition coefficient (Wildman–Crippen LogP) is 2.37. The van der Waals surface area contributed by atoms with Gasteiger partial charge in [-0.1, -0.05) is 0 Å². The van der Waals surface area contributed by atoms with Gasteiger partial charge in [-0.2, -0.15) is 0 Å². The maximum Gasteiger partial charge on any atom is 0.0890 e. The highest BCUT2D eigenvalue weighted by Gasteiger charge is 2.03. The quantitative estimate of drug-likeness (QED) is 0.712. The topological polar surface area (TPSA) is 6.48 Å². The van der Waals surface area contributed by atoms with E-state index in [4.69, 9.17) is 0 Å². The molecule has 0 unspecified atom stereocenters. The minimum atomic E-state index is 0. The zero-order valence-corrected chi connectivity index (χ0v) is 10.4. The maximum atomic E-state index is 2.25. The van der Waals surface area contributed by atoms with Crippen LogP contribution in [0.2, 0.25) is 0 Å². The molecular weight excluding hydrogens is 242 g/mol. The van der Waals surface area contributed by atoms with E-state index in [1.165, 1.54) is 0 Å². The van der Waals surface area contributed by atoms with Gasteiger partial charge < -0.3 is 9.80 Å². The third kappa shape index (κ3) is 7.17. The lowest BCUT2D eigenvalue weighted by Gasteiger charge is -2.14. The van der Waals surface area contributed by atoms with Crippen LogP contribution in [0.4, 0.5) is 0 Å². The molecule has 1 aliphatic rings. The Labute approximate surface area is 99.0 Å². The van der Waals surface area contributed by atoms with E-state index in [1.54, 1.807) is 0 Å². The molecule has 1 heterocycles. The maximum absolute atomic E-state index is 2.25. The highest BCUT2D eigenvalue weighted by molar-refractivity contribution is 5.86. The van der Waals surface area contributed by atoms with Crippen molar-refractivity contribution < 1.29 is 0 Å². The fourth-order valence-electron chi connectivity index (χ4n) is 0.794. The molecule has 0 spiro atoms. The van der Waals surface area contributed by atoms with Gasteiger partial charge >= 0.3 is 0 Å². The standard InChI is InChI=1S/C6H12N2.4ClH/c1-3-8-5-4-7(2)6-8;;;;/h4-5H,3,6H2,1-2H3;4*1H. The van der Waals surface area contributed by atoms with E-state index in [1.807, 2.05) is 0 Å². The molecule has 0 amide bonds. The molecule has 0 atom stereocenters. The highest BCUT2D eigenvalue weighted by atomic mass is 35.5. The third-order valence-electron chi connectivity index (χ3n) is 1.34. The molecule has 12 heavy (non-hydrogen) atoms. The number of halogens is 4. The monoisotopic (exact) mass is 256 g/mol. The van der Waals surface area contributed by atoms with Gasteiger partial charge in [-0.3, -0.25) is 0 Å². The van der Waals surface area contributed by atoms with E-state index in [0.717, 1.165) is 13.2 Å². The Morgan fingerprint density at radius 1 is 1.08 bits per heavy atom. The summed E-state index contributed by atoms with van der Waals surface area (Å²) in [6.07, 6.45) is 4.20. The second-order valence-corrected chi connectivity index (χ2v) is 2.10. The van der Waals surface area contributed by atoms with E-state index < -0.39 is 0 Å². The summed E-state index contributed by atoms with van der Waals surface area (Å²) >= 11 is 0. The molecule has 0 radical (unpaired) electrons. The summed E-state index contributed by atoms with van der Waals surface area (Å²) in [7, 11) is 2.08. The van der Waals surface area contributed by atoms with Crippen molar-refractivity contribution in [1.82, 2.24) is 9.80 Å². The summed E-state index contributed by atoms with van der Waals surface area (Å²) in [4.78, 5) is 4.41. The third-order valence-corrected chi connectivity index (χ3v) is 1.34. The van der Waals surface area contributed by atoms with Crippen molar-refractivity contribution in [3.63, 3.8) is 0 Å². The minimum absolute atomic E-state index is 0. The molecule has 0 aromatic heterocycles. The summed E-state index contributed by atoms with van der Waals surface area (Å²) < 4.78 is 0. The van der Waals surface area contributed by atoms with Crippen molar-refractivity contribution in [2.24, 2.45) is 0 Å². The summed E-state index contributed by atoms with van der Waals surface area (Å²) in [6, 6.07) is 0. The predicted molar refractivity (Wildman–Crippen MR) is 63.1 cm³/mol. The van der Waals surface area contributed by atoms with Crippen LogP contribution < -0.4 is 0 Å². The van der Waals surface area contributed by atoms with Gasteiger partial charge in [0.05, 0.1) is 6.67 Å². The van der Waals surface area contributed by atoms with Crippen LogP contribution in [0.25, 0.3) is 0 Å². The van der Waals surface area contributed by atoms with Crippen molar-refractivity contribution in [3.8, 4) is 0 Å². The first kappa shape index (κ1) is 22.9. The number of nitrogens with zero attached hydrogens (tertiary/aromatic N) is 2. The van der Waals surface area contributed by atoms with Gasteiger partial charge in [0.1, 0.15) is 0 Å². The van der Waals surface area contributed by atoms with Crippen LogP contribution in [0.5, 0.6) is 0 Å². The average Bonchev–Trinajstić information content (AvgIpc) is 2.14. The van der Waals surface area contributed by atoms with Crippen molar-refractivity contribution in [1.29, 1.82) is 0 Å². The van der Waals surface area contributed by atoms with Gasteiger partial charge in [0.2, 0.25) is 0 Å². The van der Waals surface area contributed by atoms with Gasteiger partial charge in [-0.15, -0.1) is 49.6 Å². The first-order valence-electron chi connectivity index (χ1n) is 2.95. The van der Waals surface area contributed by atoms with Crippen LogP contribution in [0.1, 0.15) is 6.92 Å². The van der Waals surface area contributed by atoms with Crippen LogP contribution in [-0.2, 0) is 0 Å². The molecule has 0 saturated heterocycles. The SMILES string of the molecule is CCN1C=CN(C)C1.Cl.Cl.Cl.Cl. The van der Waals surface area contributed by atoms with Crippen LogP contribution in [0.3, 0.4) is 0 Å². The second-order valence-electron chi connectivity index (χ2n) is 2.10. The lowest BCUT2D eigenvalue weighted by atomic mass is 10.6. The van der Waals surface area contributed by atoms with E-state index >= 15 is 0 Å². The molecular formula is C6H16Cl4N2. The lowest BCUT2D eigenvalue weighted by Crippen LogP contribution is -2.21. The number of rotatable bonds is 1. The van der Waals surface area contributed by atoms with Crippen LogP contribution in [0, 0.1) is 0 Å². The number of hydrogen-bond donors (Lipinski definition) is 0. The van der Waals surface area contributed by atoms with Gasteiger partial charge in [0, 0.05) is 26.0 Å². The second kappa shape index (κ2) is 11.5. The molecule has 0 aromatic carbocycles. The highest BCUT2D eigenvalue weighted by Crippen LogP contribution is 2.00. The molecule has 2 nitrogen and oxygen atoms in total. The fourth-order valence-corrected chi connectivity index (χ4v) is 0.794. The van der Waals surface area contributed by atoms with Gasteiger partial charge in [-0.25, -0.2) is 0 Å². The average molecular weight is 258 g/mol. The molecule has 0 N–H and O–H groups in total. The normalized spacial score (nSPS) is 12.2. The van der Waals surface area contributed by atoms with Gasteiger partial charge in [0.15, 0.2) is 0 Å². The Balaban J connectivity index is -0.0000000800. The molecule has 78 valence electrons. The lowest BCUT2D eigenvalue weighted by molar-refractivity contribution is 0.308. The van der Waals surface area contributed by atoms with Crippen molar-refractivity contribution in [2.45, 2.75) is 6.92 Å².